The Morgan fingerprint density at radius 2 is 2.25 bits per heavy atom. The van der Waals surface area contributed by atoms with Crippen LogP contribution in [0.15, 0.2) is 24.3 Å². The molecule has 0 bridgehead atoms. The summed E-state index contributed by atoms with van der Waals surface area (Å²) in [6, 6.07) is 8.28. The minimum Gasteiger partial charge on any atom is -0.484 e. The summed E-state index contributed by atoms with van der Waals surface area (Å²) in [5, 5.41) is 8.89. The Morgan fingerprint density at radius 3 is 2.83 bits per heavy atom. The van der Waals surface area contributed by atoms with E-state index in [1.54, 1.807) is 29.2 Å². The Labute approximate surface area is 142 Å². The SMILES string of the molecule is CC[C@H](C)N(C(=O)COc1cccc(C#N)c1)[C@H]1CCS(=O)(=O)C1. The van der Waals surface area contributed by atoms with Gasteiger partial charge in [-0.3, -0.25) is 4.79 Å². The van der Waals surface area contributed by atoms with Crippen LogP contribution >= 0.6 is 0 Å². The van der Waals surface area contributed by atoms with Gasteiger partial charge in [0.15, 0.2) is 16.4 Å². The summed E-state index contributed by atoms with van der Waals surface area (Å²) < 4.78 is 29.0. The fraction of sp³-hybridized carbons (Fsp3) is 0.529. The summed E-state index contributed by atoms with van der Waals surface area (Å²) in [6.07, 6.45) is 1.22. The van der Waals surface area contributed by atoms with E-state index in [0.717, 1.165) is 6.42 Å². The van der Waals surface area contributed by atoms with Gasteiger partial charge in [-0.2, -0.15) is 5.26 Å². The molecule has 1 aromatic rings. The minimum absolute atomic E-state index is 0.0208. The lowest BCUT2D eigenvalue weighted by Gasteiger charge is -2.33. The molecule has 0 saturated carbocycles. The molecule has 1 saturated heterocycles. The third-order valence-electron chi connectivity index (χ3n) is 4.28. The van der Waals surface area contributed by atoms with E-state index in [1.807, 2.05) is 19.9 Å². The van der Waals surface area contributed by atoms with Crippen LogP contribution in [0.2, 0.25) is 0 Å². The fourth-order valence-corrected chi connectivity index (χ4v) is 4.59. The van der Waals surface area contributed by atoms with Crippen molar-refractivity contribution < 1.29 is 17.9 Å². The molecule has 2 atom stereocenters. The van der Waals surface area contributed by atoms with Gasteiger partial charge in [-0.05, 0) is 38.0 Å². The van der Waals surface area contributed by atoms with Gasteiger partial charge in [-0.1, -0.05) is 13.0 Å². The van der Waals surface area contributed by atoms with E-state index in [2.05, 4.69) is 0 Å². The molecule has 1 heterocycles. The van der Waals surface area contributed by atoms with Crippen LogP contribution in [0, 0.1) is 11.3 Å². The zero-order valence-electron chi connectivity index (χ0n) is 13.9. The van der Waals surface area contributed by atoms with Gasteiger partial charge in [0.1, 0.15) is 5.75 Å². The second-order valence-corrected chi connectivity index (χ2v) is 8.27. The Bertz CT molecular complexity index is 739. The van der Waals surface area contributed by atoms with Crippen molar-refractivity contribution in [2.45, 2.75) is 38.8 Å². The van der Waals surface area contributed by atoms with Crippen LogP contribution in [0.25, 0.3) is 0 Å². The number of carbonyl (C=O) groups is 1. The highest BCUT2D eigenvalue weighted by Gasteiger charge is 2.36. The van der Waals surface area contributed by atoms with Gasteiger partial charge in [0, 0.05) is 12.1 Å². The number of benzene rings is 1. The summed E-state index contributed by atoms with van der Waals surface area (Å²) in [6.45, 7) is 3.71. The van der Waals surface area contributed by atoms with Crippen molar-refractivity contribution >= 4 is 15.7 Å². The Morgan fingerprint density at radius 1 is 1.50 bits per heavy atom. The Balaban J connectivity index is 2.06. The highest BCUT2D eigenvalue weighted by atomic mass is 32.2. The summed E-state index contributed by atoms with van der Waals surface area (Å²) in [5.74, 6) is 0.370. The van der Waals surface area contributed by atoms with Crippen LogP contribution in [-0.2, 0) is 14.6 Å². The van der Waals surface area contributed by atoms with Crippen LogP contribution in [0.4, 0.5) is 0 Å². The molecule has 130 valence electrons. The molecule has 1 aliphatic rings. The Kier molecular flexibility index (Phi) is 5.84. The van der Waals surface area contributed by atoms with Crippen molar-refractivity contribution in [2.75, 3.05) is 18.1 Å². The number of nitriles is 1. The molecule has 7 heteroatoms. The van der Waals surface area contributed by atoms with Gasteiger partial charge in [-0.25, -0.2) is 8.42 Å². The van der Waals surface area contributed by atoms with Gasteiger partial charge >= 0.3 is 0 Å². The van der Waals surface area contributed by atoms with Crippen LogP contribution in [0.1, 0.15) is 32.3 Å². The maximum atomic E-state index is 12.6. The van der Waals surface area contributed by atoms with Crippen molar-refractivity contribution in [1.29, 1.82) is 5.26 Å². The average Bonchev–Trinajstić information content (AvgIpc) is 2.92. The normalized spacial score (nSPS) is 20.1. The van der Waals surface area contributed by atoms with E-state index >= 15 is 0 Å². The van der Waals surface area contributed by atoms with Crippen molar-refractivity contribution in [3.05, 3.63) is 29.8 Å². The summed E-state index contributed by atoms with van der Waals surface area (Å²) >= 11 is 0. The predicted octanol–water partition coefficient (Wildman–Crippen LogP) is 1.75. The number of carbonyl (C=O) groups excluding carboxylic acids is 1. The maximum absolute atomic E-state index is 12.6. The van der Waals surface area contributed by atoms with Gasteiger partial charge in [0.2, 0.25) is 0 Å². The third kappa shape index (κ3) is 4.48. The first-order valence-corrected chi connectivity index (χ1v) is 9.83. The van der Waals surface area contributed by atoms with Crippen LogP contribution in [-0.4, -0.2) is 49.4 Å². The lowest BCUT2D eigenvalue weighted by atomic mass is 10.1. The van der Waals surface area contributed by atoms with Crippen molar-refractivity contribution in [3.63, 3.8) is 0 Å². The molecule has 0 radical (unpaired) electrons. The van der Waals surface area contributed by atoms with Gasteiger partial charge < -0.3 is 9.64 Å². The first kappa shape index (κ1) is 18.3. The standard InChI is InChI=1S/C17H22N2O4S/c1-3-13(2)19(15-7-8-24(21,22)12-15)17(20)11-23-16-6-4-5-14(9-16)10-18/h4-6,9,13,15H,3,7-8,11-12H2,1-2H3/t13-,15-/m0/s1. The Hall–Kier alpha value is -2.07. The summed E-state index contributed by atoms with van der Waals surface area (Å²) in [7, 11) is -3.06. The van der Waals surface area contributed by atoms with Gasteiger partial charge in [-0.15, -0.1) is 0 Å². The molecule has 1 amide bonds. The van der Waals surface area contributed by atoms with Crippen LogP contribution in [0.3, 0.4) is 0 Å². The molecular formula is C17H22N2O4S. The zero-order valence-corrected chi connectivity index (χ0v) is 14.8. The van der Waals surface area contributed by atoms with Crippen molar-refractivity contribution in [2.24, 2.45) is 0 Å². The summed E-state index contributed by atoms with van der Waals surface area (Å²) in [4.78, 5) is 14.3. The van der Waals surface area contributed by atoms with Crippen molar-refractivity contribution in [1.82, 2.24) is 4.90 Å². The highest BCUT2D eigenvalue weighted by molar-refractivity contribution is 7.91. The smallest absolute Gasteiger partial charge is 0.261 e. The number of sulfone groups is 1. The molecular weight excluding hydrogens is 328 g/mol. The van der Waals surface area contributed by atoms with Crippen LogP contribution < -0.4 is 4.74 Å². The molecule has 1 aliphatic heterocycles. The molecule has 0 aliphatic carbocycles. The van der Waals surface area contributed by atoms with Gasteiger partial charge in [0.05, 0.1) is 23.1 Å². The maximum Gasteiger partial charge on any atom is 0.261 e. The lowest BCUT2D eigenvalue weighted by Crippen LogP contribution is -2.48. The van der Waals surface area contributed by atoms with E-state index in [9.17, 15) is 13.2 Å². The molecule has 1 aromatic carbocycles. The number of hydrogen-bond acceptors (Lipinski definition) is 5. The topological polar surface area (TPSA) is 87.5 Å². The molecule has 0 unspecified atom stereocenters. The largest absolute Gasteiger partial charge is 0.484 e. The minimum atomic E-state index is -3.06. The zero-order chi connectivity index (χ0) is 17.7. The molecule has 2 rings (SSSR count). The van der Waals surface area contributed by atoms with E-state index in [0.29, 0.717) is 17.7 Å². The number of hydrogen-bond donors (Lipinski definition) is 0. The molecule has 6 nitrogen and oxygen atoms in total. The summed E-state index contributed by atoms with van der Waals surface area (Å²) in [5.41, 5.74) is 0.459. The second kappa shape index (κ2) is 7.67. The molecule has 0 N–H and O–H groups in total. The predicted molar refractivity (Wildman–Crippen MR) is 90.3 cm³/mol. The van der Waals surface area contributed by atoms with E-state index in [4.69, 9.17) is 10.00 Å². The first-order chi connectivity index (χ1) is 11.4. The third-order valence-corrected chi connectivity index (χ3v) is 6.03. The monoisotopic (exact) mass is 350 g/mol. The van der Waals surface area contributed by atoms with Gasteiger partial charge in [0.25, 0.3) is 5.91 Å². The second-order valence-electron chi connectivity index (χ2n) is 6.04. The average molecular weight is 350 g/mol. The van der Waals surface area contributed by atoms with E-state index in [-0.39, 0.29) is 36.1 Å². The number of nitrogens with zero attached hydrogens (tertiary/aromatic N) is 2. The number of amides is 1. The van der Waals surface area contributed by atoms with Crippen LogP contribution in [0.5, 0.6) is 5.75 Å². The molecule has 0 aromatic heterocycles. The molecule has 24 heavy (non-hydrogen) atoms. The molecule has 0 spiro atoms. The van der Waals surface area contributed by atoms with E-state index in [1.165, 1.54) is 0 Å². The number of ether oxygens (including phenoxy) is 1. The first-order valence-electron chi connectivity index (χ1n) is 8.01. The lowest BCUT2D eigenvalue weighted by molar-refractivity contribution is -0.137. The number of rotatable bonds is 6. The highest BCUT2D eigenvalue weighted by Crippen LogP contribution is 2.22. The van der Waals surface area contributed by atoms with E-state index < -0.39 is 9.84 Å². The fourth-order valence-electron chi connectivity index (χ4n) is 2.88. The molecule has 1 fully saturated rings. The quantitative estimate of drug-likeness (QED) is 0.780. The van der Waals surface area contributed by atoms with Crippen molar-refractivity contribution in [3.8, 4) is 11.8 Å².